The van der Waals surface area contributed by atoms with Gasteiger partial charge in [0.1, 0.15) is 0 Å². The molecule has 0 spiro atoms. The molecular weight excluding hydrogens is 196 g/mol. The molecule has 1 fully saturated rings. The summed E-state index contributed by atoms with van der Waals surface area (Å²) in [4.78, 5) is 4.54. The van der Waals surface area contributed by atoms with Crippen LogP contribution in [0.2, 0.25) is 0 Å². The van der Waals surface area contributed by atoms with Gasteiger partial charge in [-0.15, -0.1) is 0 Å². The van der Waals surface area contributed by atoms with Gasteiger partial charge < -0.3 is 5.32 Å². The predicted octanol–water partition coefficient (Wildman–Crippen LogP) is 3.44. The van der Waals surface area contributed by atoms with E-state index < -0.39 is 0 Å². The Hall–Kier alpha value is -0.630. The van der Waals surface area contributed by atoms with E-state index in [-0.39, 0.29) is 0 Å². The van der Waals surface area contributed by atoms with Crippen molar-refractivity contribution in [2.45, 2.75) is 63.8 Å². The lowest BCUT2D eigenvalue weighted by molar-refractivity contribution is 0.388. The molecule has 0 aliphatic heterocycles. The Bertz CT molecular complexity index is 249. The lowest BCUT2D eigenvalue weighted by Crippen LogP contribution is -2.32. The van der Waals surface area contributed by atoms with Gasteiger partial charge in [-0.1, -0.05) is 25.3 Å². The molecule has 1 N–H and O–H groups in total. The van der Waals surface area contributed by atoms with Gasteiger partial charge >= 0.3 is 0 Å². The highest BCUT2D eigenvalue weighted by Crippen LogP contribution is 2.18. The van der Waals surface area contributed by atoms with Crippen LogP contribution >= 0.6 is 0 Å². The molecule has 0 bridgehead atoms. The van der Waals surface area contributed by atoms with E-state index in [9.17, 15) is 0 Å². The van der Waals surface area contributed by atoms with E-state index >= 15 is 0 Å². The summed E-state index contributed by atoms with van der Waals surface area (Å²) >= 11 is 0. The number of rotatable bonds is 4. The highest BCUT2D eigenvalue weighted by molar-refractivity contribution is 5.61. The standard InChI is InChI=1S/C14H24N2/c1-3-7-13(8-4-1)15-11-12-16-14-9-5-2-6-10-14/h7,11,14,16H,1-6,8-10,12H2. The smallest absolute Gasteiger partial charge is 0.0360 e. The molecule has 0 aromatic rings. The maximum absolute atomic E-state index is 4.54. The van der Waals surface area contributed by atoms with Crippen LogP contribution in [0, 0.1) is 0 Å². The molecular formula is C14H24N2. The molecule has 0 aromatic carbocycles. The Morgan fingerprint density at radius 1 is 1.19 bits per heavy atom. The zero-order valence-electron chi connectivity index (χ0n) is 10.3. The topological polar surface area (TPSA) is 24.4 Å². The Kier molecular flexibility index (Phi) is 5.07. The SMILES string of the molecule is C(CNC1CCCCC1)=NC1=CCCCC1. The summed E-state index contributed by atoms with van der Waals surface area (Å²) in [6.07, 6.45) is 16.4. The van der Waals surface area contributed by atoms with Crippen LogP contribution in [0.3, 0.4) is 0 Å². The Labute approximate surface area is 99.2 Å². The van der Waals surface area contributed by atoms with Crippen LogP contribution in [0.4, 0.5) is 0 Å². The molecule has 0 saturated heterocycles. The van der Waals surface area contributed by atoms with Crippen LogP contribution in [-0.2, 0) is 0 Å². The number of nitrogens with one attached hydrogen (secondary N) is 1. The molecule has 0 atom stereocenters. The number of allylic oxidation sites excluding steroid dienone is 2. The highest BCUT2D eigenvalue weighted by Gasteiger charge is 2.11. The molecule has 2 rings (SSSR count). The summed E-state index contributed by atoms with van der Waals surface area (Å²) in [5.41, 5.74) is 1.30. The summed E-state index contributed by atoms with van der Waals surface area (Å²) in [6, 6.07) is 0.750. The largest absolute Gasteiger partial charge is 0.309 e. The van der Waals surface area contributed by atoms with Crippen molar-refractivity contribution in [1.29, 1.82) is 0 Å². The van der Waals surface area contributed by atoms with Crippen LogP contribution in [-0.4, -0.2) is 18.8 Å². The summed E-state index contributed by atoms with van der Waals surface area (Å²) in [5.74, 6) is 0. The van der Waals surface area contributed by atoms with Crippen molar-refractivity contribution in [3.63, 3.8) is 0 Å². The van der Waals surface area contributed by atoms with Crippen molar-refractivity contribution in [3.05, 3.63) is 11.8 Å². The van der Waals surface area contributed by atoms with Crippen molar-refractivity contribution in [2.75, 3.05) is 6.54 Å². The van der Waals surface area contributed by atoms with Gasteiger partial charge in [0.05, 0.1) is 0 Å². The second kappa shape index (κ2) is 6.85. The van der Waals surface area contributed by atoms with E-state index in [1.54, 1.807) is 0 Å². The first kappa shape index (κ1) is 11.8. The van der Waals surface area contributed by atoms with E-state index in [1.165, 1.54) is 63.5 Å². The maximum Gasteiger partial charge on any atom is 0.0360 e. The normalized spacial score (nSPS) is 23.6. The molecule has 0 aromatic heterocycles. The van der Waals surface area contributed by atoms with Gasteiger partial charge in [-0.3, -0.25) is 4.99 Å². The minimum atomic E-state index is 0.750. The van der Waals surface area contributed by atoms with Gasteiger partial charge in [0.2, 0.25) is 0 Å². The number of hydrogen-bond donors (Lipinski definition) is 1. The van der Waals surface area contributed by atoms with Crippen LogP contribution in [0.15, 0.2) is 16.8 Å². The lowest BCUT2D eigenvalue weighted by Gasteiger charge is -2.21. The fraction of sp³-hybridized carbons (Fsp3) is 0.786. The van der Waals surface area contributed by atoms with E-state index in [4.69, 9.17) is 0 Å². The van der Waals surface area contributed by atoms with Crippen LogP contribution < -0.4 is 5.32 Å². The zero-order valence-corrected chi connectivity index (χ0v) is 10.3. The van der Waals surface area contributed by atoms with Gasteiger partial charge in [-0.25, -0.2) is 0 Å². The molecule has 0 radical (unpaired) electrons. The fourth-order valence-electron chi connectivity index (χ4n) is 2.63. The Morgan fingerprint density at radius 2 is 2.06 bits per heavy atom. The zero-order chi connectivity index (χ0) is 11.1. The van der Waals surface area contributed by atoms with E-state index in [2.05, 4.69) is 22.6 Å². The van der Waals surface area contributed by atoms with Crippen LogP contribution in [0.1, 0.15) is 57.8 Å². The van der Waals surface area contributed by atoms with Crippen LogP contribution in [0.25, 0.3) is 0 Å². The molecule has 0 unspecified atom stereocenters. The number of nitrogens with zero attached hydrogens (tertiary/aromatic N) is 1. The van der Waals surface area contributed by atoms with E-state index in [0.29, 0.717) is 0 Å². The molecule has 90 valence electrons. The molecule has 2 aliphatic carbocycles. The quantitative estimate of drug-likeness (QED) is 0.721. The minimum Gasteiger partial charge on any atom is -0.309 e. The number of aliphatic imine (C=N–C) groups is 1. The molecule has 2 heteroatoms. The van der Waals surface area contributed by atoms with Gasteiger partial charge in [0, 0.05) is 24.5 Å². The first-order chi connectivity index (χ1) is 7.95. The predicted molar refractivity (Wildman–Crippen MR) is 69.9 cm³/mol. The second-order valence-electron chi connectivity index (χ2n) is 5.00. The molecule has 2 aliphatic rings. The average molecular weight is 220 g/mol. The highest BCUT2D eigenvalue weighted by atomic mass is 14.9. The average Bonchev–Trinajstić information content (AvgIpc) is 2.37. The Morgan fingerprint density at radius 3 is 2.81 bits per heavy atom. The maximum atomic E-state index is 4.54. The van der Waals surface area contributed by atoms with Gasteiger partial charge in [-0.05, 0) is 38.5 Å². The lowest BCUT2D eigenvalue weighted by atomic mass is 9.96. The third-order valence-corrected chi connectivity index (χ3v) is 3.63. The molecule has 2 nitrogen and oxygen atoms in total. The van der Waals surface area contributed by atoms with Crippen molar-refractivity contribution in [3.8, 4) is 0 Å². The van der Waals surface area contributed by atoms with E-state index in [0.717, 1.165) is 12.6 Å². The molecule has 1 saturated carbocycles. The van der Waals surface area contributed by atoms with Crippen molar-refractivity contribution < 1.29 is 0 Å². The molecule has 0 amide bonds. The number of hydrogen-bond acceptors (Lipinski definition) is 2. The van der Waals surface area contributed by atoms with Gasteiger partial charge in [-0.2, -0.15) is 0 Å². The first-order valence-electron chi connectivity index (χ1n) is 6.90. The summed E-state index contributed by atoms with van der Waals surface area (Å²) in [6.45, 7) is 0.946. The molecule has 0 heterocycles. The van der Waals surface area contributed by atoms with Crippen molar-refractivity contribution in [1.82, 2.24) is 5.32 Å². The van der Waals surface area contributed by atoms with Gasteiger partial charge in [0.25, 0.3) is 0 Å². The van der Waals surface area contributed by atoms with Crippen LogP contribution in [0.5, 0.6) is 0 Å². The summed E-state index contributed by atoms with van der Waals surface area (Å²) in [5, 5.41) is 3.58. The first-order valence-corrected chi connectivity index (χ1v) is 6.90. The third-order valence-electron chi connectivity index (χ3n) is 3.63. The van der Waals surface area contributed by atoms with E-state index in [1.807, 2.05) is 0 Å². The summed E-state index contributed by atoms with van der Waals surface area (Å²) < 4.78 is 0. The minimum absolute atomic E-state index is 0.750. The second-order valence-corrected chi connectivity index (χ2v) is 5.00. The van der Waals surface area contributed by atoms with Gasteiger partial charge in [0.15, 0.2) is 0 Å². The fourth-order valence-corrected chi connectivity index (χ4v) is 2.63. The molecule has 16 heavy (non-hydrogen) atoms. The Balaban J connectivity index is 1.62. The van der Waals surface area contributed by atoms with Crippen molar-refractivity contribution >= 4 is 6.21 Å². The monoisotopic (exact) mass is 220 g/mol. The van der Waals surface area contributed by atoms with Crippen molar-refractivity contribution in [2.24, 2.45) is 4.99 Å². The summed E-state index contributed by atoms with van der Waals surface area (Å²) in [7, 11) is 0. The third kappa shape index (κ3) is 4.09.